The molecular formula is C20H28SiZr. The van der Waals surface area contributed by atoms with Crippen molar-refractivity contribution in [2.24, 2.45) is 23.7 Å². The molecule has 0 aromatic rings. The molecule has 0 nitrogen and oxygen atoms in total. The summed E-state index contributed by atoms with van der Waals surface area (Å²) in [6, 6.07) is 0. The molecule has 2 heteroatoms. The molecule has 116 valence electrons. The van der Waals surface area contributed by atoms with Gasteiger partial charge in [-0.2, -0.15) is 0 Å². The van der Waals surface area contributed by atoms with Crippen LogP contribution in [0.2, 0.25) is 24.2 Å². The summed E-state index contributed by atoms with van der Waals surface area (Å²) in [6.07, 6.45) is 25.1. The zero-order valence-electron chi connectivity index (χ0n) is 13.9. The van der Waals surface area contributed by atoms with E-state index in [2.05, 4.69) is 61.7 Å². The Hall–Kier alpha value is 0.0600. The summed E-state index contributed by atoms with van der Waals surface area (Å²) in [7, 11) is -1.22. The molecule has 2 saturated carbocycles. The number of rotatable bonds is 2. The summed E-state index contributed by atoms with van der Waals surface area (Å²) >= 11 is 0. The van der Waals surface area contributed by atoms with Crippen LogP contribution in [0.15, 0.2) is 48.6 Å². The monoisotopic (exact) mass is 386 g/mol. The molecule has 0 heterocycles. The molecule has 0 saturated heterocycles. The smallest absolute Gasteiger partial charge is 0.0548 e. The van der Waals surface area contributed by atoms with E-state index in [1.165, 1.54) is 25.7 Å². The summed E-state index contributed by atoms with van der Waals surface area (Å²) in [5.41, 5.74) is 2.01. The van der Waals surface area contributed by atoms with Crippen LogP contribution in [0.1, 0.15) is 25.7 Å². The molecule has 22 heavy (non-hydrogen) atoms. The molecular weight excluding hydrogens is 360 g/mol. The molecule has 6 unspecified atom stereocenters. The summed E-state index contributed by atoms with van der Waals surface area (Å²) in [4.78, 5) is 0. The Labute approximate surface area is 156 Å². The van der Waals surface area contributed by atoms with Gasteiger partial charge >= 0.3 is 0 Å². The van der Waals surface area contributed by atoms with E-state index in [0.717, 1.165) is 34.8 Å². The van der Waals surface area contributed by atoms with Crippen LogP contribution < -0.4 is 0 Å². The SMILES string of the molecule is C[Si](C)(C1CCC2C=CC=CC21)C1CCC2C=CC=CC21.[Zr]. The molecule has 0 radical (unpaired) electrons. The minimum atomic E-state index is -1.22. The zero-order valence-corrected chi connectivity index (χ0v) is 17.4. The van der Waals surface area contributed by atoms with Crippen molar-refractivity contribution in [3.05, 3.63) is 48.6 Å². The van der Waals surface area contributed by atoms with Crippen LogP contribution in [-0.4, -0.2) is 8.07 Å². The van der Waals surface area contributed by atoms with Crippen molar-refractivity contribution in [3.8, 4) is 0 Å². The number of fused-ring (bicyclic) bond motifs is 2. The maximum atomic E-state index is 2.71. The van der Waals surface area contributed by atoms with Crippen LogP contribution in [0.5, 0.6) is 0 Å². The first-order valence-electron chi connectivity index (χ1n) is 8.88. The molecule has 0 spiro atoms. The van der Waals surface area contributed by atoms with Gasteiger partial charge in [0.25, 0.3) is 0 Å². The second kappa shape index (κ2) is 6.52. The van der Waals surface area contributed by atoms with Gasteiger partial charge in [0.2, 0.25) is 0 Å². The van der Waals surface area contributed by atoms with Gasteiger partial charge in [0.05, 0.1) is 8.07 Å². The molecule has 0 amide bonds. The fraction of sp³-hybridized carbons (Fsp3) is 0.600. The number of hydrogen-bond donors (Lipinski definition) is 0. The van der Waals surface area contributed by atoms with E-state index in [4.69, 9.17) is 0 Å². The standard InChI is InChI=1S/C20H28Si.Zr/c1-21(2,19-13-11-15-7-3-5-9-17(15)19)20-14-12-16-8-4-6-10-18(16)20;/h3-10,15-20H,11-14H2,1-2H3;. The van der Waals surface area contributed by atoms with E-state index in [9.17, 15) is 0 Å². The van der Waals surface area contributed by atoms with E-state index in [1.807, 2.05) is 0 Å². The van der Waals surface area contributed by atoms with E-state index in [0.29, 0.717) is 0 Å². The Morgan fingerprint density at radius 2 is 1.05 bits per heavy atom. The normalized spacial score (nSPS) is 42.1. The third-order valence-corrected chi connectivity index (χ3v) is 12.2. The number of hydrogen-bond acceptors (Lipinski definition) is 0. The second-order valence-corrected chi connectivity index (χ2v) is 13.3. The maximum absolute atomic E-state index is 2.71. The maximum Gasteiger partial charge on any atom is 0.0548 e. The molecule has 0 N–H and O–H groups in total. The molecule has 6 atom stereocenters. The van der Waals surface area contributed by atoms with Gasteiger partial charge in [-0.25, -0.2) is 0 Å². The quantitative estimate of drug-likeness (QED) is 0.530. The summed E-state index contributed by atoms with van der Waals surface area (Å²) < 4.78 is 0. The average molecular weight is 388 g/mol. The Kier molecular flexibility index (Phi) is 5.01. The fourth-order valence-corrected chi connectivity index (χ4v) is 11.0. The number of allylic oxidation sites excluding steroid dienone is 8. The molecule has 0 aromatic carbocycles. The van der Waals surface area contributed by atoms with Crippen molar-refractivity contribution in [2.75, 3.05) is 0 Å². The summed E-state index contributed by atoms with van der Waals surface area (Å²) in [6.45, 7) is 5.43. The molecule has 4 rings (SSSR count). The Bertz CT molecular complexity index is 482. The van der Waals surface area contributed by atoms with Crippen LogP contribution >= 0.6 is 0 Å². The van der Waals surface area contributed by atoms with E-state index in [1.54, 1.807) is 0 Å². The van der Waals surface area contributed by atoms with Crippen molar-refractivity contribution in [3.63, 3.8) is 0 Å². The minimum absolute atomic E-state index is 0. The molecule has 2 fully saturated rings. The van der Waals surface area contributed by atoms with Crippen LogP contribution in [0.25, 0.3) is 0 Å². The molecule has 0 aliphatic heterocycles. The van der Waals surface area contributed by atoms with Gasteiger partial charge in [0, 0.05) is 26.2 Å². The van der Waals surface area contributed by atoms with Crippen LogP contribution in [0.4, 0.5) is 0 Å². The van der Waals surface area contributed by atoms with E-state index < -0.39 is 8.07 Å². The van der Waals surface area contributed by atoms with Gasteiger partial charge in [-0.15, -0.1) is 0 Å². The van der Waals surface area contributed by atoms with Gasteiger partial charge in [0.1, 0.15) is 0 Å². The van der Waals surface area contributed by atoms with Gasteiger partial charge in [-0.05, 0) is 47.6 Å². The summed E-state index contributed by atoms with van der Waals surface area (Å²) in [5, 5.41) is 0. The summed E-state index contributed by atoms with van der Waals surface area (Å²) in [5.74, 6) is 3.43. The largest absolute Gasteiger partial charge is 0.0808 e. The van der Waals surface area contributed by atoms with Crippen molar-refractivity contribution < 1.29 is 26.2 Å². The predicted octanol–water partition coefficient (Wildman–Crippen LogP) is 5.74. The molecule has 4 aliphatic carbocycles. The fourth-order valence-electron chi connectivity index (χ4n) is 5.92. The Morgan fingerprint density at radius 1 is 0.636 bits per heavy atom. The van der Waals surface area contributed by atoms with Crippen molar-refractivity contribution in [2.45, 2.75) is 49.9 Å². The van der Waals surface area contributed by atoms with Crippen LogP contribution in [-0.2, 0) is 26.2 Å². The predicted molar refractivity (Wildman–Crippen MR) is 94.0 cm³/mol. The third kappa shape index (κ3) is 2.69. The van der Waals surface area contributed by atoms with Crippen molar-refractivity contribution in [1.29, 1.82) is 0 Å². The Morgan fingerprint density at radius 3 is 1.50 bits per heavy atom. The van der Waals surface area contributed by atoms with Crippen molar-refractivity contribution in [1.82, 2.24) is 0 Å². The first-order valence-corrected chi connectivity index (χ1v) is 12.0. The van der Waals surface area contributed by atoms with Gasteiger partial charge in [-0.3, -0.25) is 0 Å². The average Bonchev–Trinajstić information content (AvgIpc) is 3.12. The zero-order chi connectivity index (χ0) is 14.4. The van der Waals surface area contributed by atoms with E-state index >= 15 is 0 Å². The molecule has 0 aromatic heterocycles. The van der Waals surface area contributed by atoms with Crippen LogP contribution in [0.3, 0.4) is 0 Å². The topological polar surface area (TPSA) is 0 Å². The third-order valence-electron chi connectivity index (χ3n) is 7.06. The first-order chi connectivity index (χ1) is 10.2. The molecule has 4 aliphatic rings. The van der Waals surface area contributed by atoms with Gasteiger partial charge in [0.15, 0.2) is 0 Å². The van der Waals surface area contributed by atoms with Gasteiger partial charge < -0.3 is 0 Å². The van der Waals surface area contributed by atoms with Crippen LogP contribution in [0, 0.1) is 23.7 Å². The van der Waals surface area contributed by atoms with E-state index in [-0.39, 0.29) is 26.2 Å². The minimum Gasteiger partial charge on any atom is -0.0808 e. The molecule has 0 bridgehead atoms. The van der Waals surface area contributed by atoms with Gasteiger partial charge in [-0.1, -0.05) is 74.5 Å². The first kappa shape index (κ1) is 16.9. The second-order valence-electron chi connectivity index (χ2n) is 8.21. The Balaban J connectivity index is 0.00000144. The van der Waals surface area contributed by atoms with Crippen molar-refractivity contribution >= 4 is 8.07 Å².